The standard InChI is InChI=1S/C19H24N4O/c20-19(21)22-18(24)13-23-16(14-7-3-1-4-8-14)11-12-17(23)15-9-5-2-6-10-15/h1,3-4,7-8,11-12,15H,2,5-6,9-10,13H2,(H4,20,21,22,24). The van der Waals surface area contributed by atoms with Gasteiger partial charge in [-0.05, 0) is 36.5 Å². The number of benzene rings is 1. The number of amides is 1. The van der Waals surface area contributed by atoms with Gasteiger partial charge >= 0.3 is 0 Å². The molecule has 2 aromatic rings. The van der Waals surface area contributed by atoms with E-state index in [0.717, 1.165) is 11.3 Å². The number of hydrogen-bond acceptors (Lipinski definition) is 1. The summed E-state index contributed by atoms with van der Waals surface area (Å²) in [4.78, 5) is 15.9. The van der Waals surface area contributed by atoms with Gasteiger partial charge in [-0.3, -0.25) is 4.79 Å². The quantitative estimate of drug-likeness (QED) is 0.669. The Labute approximate surface area is 142 Å². The molecular weight excluding hydrogens is 300 g/mol. The van der Waals surface area contributed by atoms with Crippen molar-refractivity contribution in [2.75, 3.05) is 0 Å². The van der Waals surface area contributed by atoms with Gasteiger partial charge in [0.2, 0.25) is 0 Å². The highest BCUT2D eigenvalue weighted by Crippen LogP contribution is 2.35. The van der Waals surface area contributed by atoms with E-state index in [1.165, 1.54) is 37.8 Å². The number of rotatable bonds is 4. The Morgan fingerprint density at radius 3 is 2.42 bits per heavy atom. The Bertz CT molecular complexity index is 723. The first-order valence-corrected chi connectivity index (χ1v) is 8.52. The summed E-state index contributed by atoms with van der Waals surface area (Å²) >= 11 is 0. The van der Waals surface area contributed by atoms with Crippen molar-refractivity contribution in [2.24, 2.45) is 16.5 Å². The van der Waals surface area contributed by atoms with Gasteiger partial charge in [0.05, 0.1) is 0 Å². The molecule has 0 radical (unpaired) electrons. The van der Waals surface area contributed by atoms with Crippen molar-refractivity contribution in [2.45, 2.75) is 44.6 Å². The number of aliphatic imine (C=N–C) groups is 1. The van der Waals surface area contributed by atoms with Gasteiger partial charge in [0.1, 0.15) is 6.54 Å². The number of carbonyl (C=O) groups excluding carboxylic acids is 1. The number of hydrogen-bond donors (Lipinski definition) is 2. The van der Waals surface area contributed by atoms with Gasteiger partial charge in [0.15, 0.2) is 5.96 Å². The number of carbonyl (C=O) groups is 1. The number of aromatic nitrogens is 1. The van der Waals surface area contributed by atoms with E-state index in [4.69, 9.17) is 11.5 Å². The summed E-state index contributed by atoms with van der Waals surface area (Å²) in [7, 11) is 0. The summed E-state index contributed by atoms with van der Waals surface area (Å²) in [5.74, 6) is -0.00344. The van der Waals surface area contributed by atoms with Gasteiger partial charge in [-0.15, -0.1) is 0 Å². The third kappa shape index (κ3) is 3.67. The molecule has 3 rings (SSSR count). The minimum atomic E-state index is -0.319. The molecule has 5 heteroatoms. The van der Waals surface area contributed by atoms with E-state index < -0.39 is 0 Å². The van der Waals surface area contributed by atoms with Crippen LogP contribution in [0.15, 0.2) is 47.5 Å². The molecule has 0 aliphatic heterocycles. The zero-order chi connectivity index (χ0) is 16.9. The molecule has 0 unspecified atom stereocenters. The fourth-order valence-electron chi connectivity index (χ4n) is 3.59. The van der Waals surface area contributed by atoms with Crippen LogP contribution in [0, 0.1) is 0 Å². The van der Waals surface area contributed by atoms with Gasteiger partial charge in [-0.25, -0.2) is 0 Å². The van der Waals surface area contributed by atoms with Gasteiger partial charge < -0.3 is 16.0 Å². The summed E-state index contributed by atoms with van der Waals surface area (Å²) in [5.41, 5.74) is 14.0. The smallest absolute Gasteiger partial charge is 0.268 e. The van der Waals surface area contributed by atoms with Gasteiger partial charge in [0, 0.05) is 11.4 Å². The number of nitrogens with zero attached hydrogens (tertiary/aromatic N) is 2. The van der Waals surface area contributed by atoms with Crippen LogP contribution in [0.1, 0.15) is 43.7 Å². The van der Waals surface area contributed by atoms with E-state index in [9.17, 15) is 4.79 Å². The van der Waals surface area contributed by atoms with Crippen LogP contribution in [0.2, 0.25) is 0 Å². The zero-order valence-electron chi connectivity index (χ0n) is 13.8. The summed E-state index contributed by atoms with van der Waals surface area (Å²) in [6.07, 6.45) is 6.15. The van der Waals surface area contributed by atoms with E-state index in [-0.39, 0.29) is 18.4 Å². The highest BCUT2D eigenvalue weighted by Gasteiger charge is 2.22. The SMILES string of the molecule is NC(N)=NC(=O)Cn1c(-c2ccccc2)ccc1C1CCCCC1. The number of nitrogens with two attached hydrogens (primary N) is 2. The highest BCUT2D eigenvalue weighted by molar-refractivity contribution is 5.91. The first-order valence-electron chi connectivity index (χ1n) is 8.52. The van der Waals surface area contributed by atoms with Crippen molar-refractivity contribution in [3.63, 3.8) is 0 Å². The van der Waals surface area contributed by atoms with Crippen LogP contribution in [0.25, 0.3) is 11.3 Å². The molecule has 1 aromatic carbocycles. The largest absolute Gasteiger partial charge is 0.370 e. The third-order valence-electron chi connectivity index (χ3n) is 4.65. The first-order chi connectivity index (χ1) is 11.6. The molecule has 1 aliphatic carbocycles. The van der Waals surface area contributed by atoms with Crippen molar-refractivity contribution in [1.29, 1.82) is 0 Å². The lowest BCUT2D eigenvalue weighted by Gasteiger charge is -2.24. The summed E-state index contributed by atoms with van der Waals surface area (Å²) in [6, 6.07) is 14.4. The third-order valence-corrected chi connectivity index (χ3v) is 4.65. The monoisotopic (exact) mass is 324 g/mol. The minimum Gasteiger partial charge on any atom is -0.370 e. The predicted octanol–water partition coefficient (Wildman–Crippen LogP) is 3.00. The molecule has 1 saturated carbocycles. The second-order valence-electron chi connectivity index (χ2n) is 6.36. The molecule has 0 bridgehead atoms. The molecule has 4 N–H and O–H groups in total. The van der Waals surface area contributed by atoms with Crippen LogP contribution in [-0.4, -0.2) is 16.4 Å². The van der Waals surface area contributed by atoms with Crippen LogP contribution < -0.4 is 11.5 Å². The molecule has 126 valence electrons. The van der Waals surface area contributed by atoms with Crippen molar-refractivity contribution >= 4 is 11.9 Å². The van der Waals surface area contributed by atoms with E-state index in [2.05, 4.69) is 33.8 Å². The Balaban J connectivity index is 1.98. The molecule has 1 aromatic heterocycles. The summed E-state index contributed by atoms with van der Waals surface area (Å²) in [5, 5.41) is 0. The molecule has 0 saturated heterocycles. The second kappa shape index (κ2) is 7.34. The van der Waals surface area contributed by atoms with E-state index in [1.807, 2.05) is 18.2 Å². The topological polar surface area (TPSA) is 86.4 Å². The molecule has 5 nitrogen and oxygen atoms in total. The molecular formula is C19H24N4O. The second-order valence-corrected chi connectivity index (χ2v) is 6.36. The van der Waals surface area contributed by atoms with Gasteiger partial charge in [0.25, 0.3) is 5.91 Å². The highest BCUT2D eigenvalue weighted by atomic mass is 16.1. The Morgan fingerprint density at radius 1 is 1.04 bits per heavy atom. The molecule has 0 spiro atoms. The lowest BCUT2D eigenvalue weighted by molar-refractivity contribution is -0.118. The Kier molecular flexibility index (Phi) is 4.99. The Morgan fingerprint density at radius 2 is 1.75 bits per heavy atom. The fourth-order valence-corrected chi connectivity index (χ4v) is 3.59. The van der Waals surface area contributed by atoms with Crippen LogP contribution in [0.3, 0.4) is 0 Å². The first kappa shape index (κ1) is 16.3. The zero-order valence-corrected chi connectivity index (χ0v) is 13.8. The summed E-state index contributed by atoms with van der Waals surface area (Å²) < 4.78 is 2.08. The average Bonchev–Trinajstić information content (AvgIpc) is 2.99. The maximum Gasteiger partial charge on any atom is 0.268 e. The molecule has 1 fully saturated rings. The van der Waals surface area contributed by atoms with Crippen molar-refractivity contribution in [1.82, 2.24) is 4.57 Å². The van der Waals surface area contributed by atoms with E-state index >= 15 is 0 Å². The van der Waals surface area contributed by atoms with Crippen LogP contribution in [0.5, 0.6) is 0 Å². The van der Waals surface area contributed by atoms with Crippen molar-refractivity contribution in [3.05, 3.63) is 48.2 Å². The van der Waals surface area contributed by atoms with Crippen molar-refractivity contribution < 1.29 is 4.79 Å². The van der Waals surface area contributed by atoms with Gasteiger partial charge in [-0.1, -0.05) is 49.6 Å². The average molecular weight is 324 g/mol. The molecule has 0 atom stereocenters. The van der Waals surface area contributed by atoms with Crippen LogP contribution in [0.4, 0.5) is 0 Å². The lowest BCUT2D eigenvalue weighted by atomic mass is 9.87. The predicted molar refractivity (Wildman–Crippen MR) is 96.5 cm³/mol. The molecule has 24 heavy (non-hydrogen) atoms. The minimum absolute atomic E-state index is 0.168. The number of guanidine groups is 1. The lowest BCUT2D eigenvalue weighted by Crippen LogP contribution is -2.25. The van der Waals surface area contributed by atoms with Crippen molar-refractivity contribution in [3.8, 4) is 11.3 Å². The van der Waals surface area contributed by atoms with Crippen LogP contribution >= 0.6 is 0 Å². The fraction of sp³-hybridized carbons (Fsp3) is 0.368. The normalized spacial score (nSPS) is 15.2. The maximum atomic E-state index is 12.2. The molecule has 1 heterocycles. The summed E-state index contributed by atoms with van der Waals surface area (Å²) in [6.45, 7) is 0.168. The molecule has 1 amide bonds. The Hall–Kier alpha value is -2.56. The maximum absolute atomic E-state index is 12.2. The van der Waals surface area contributed by atoms with E-state index in [0.29, 0.717) is 5.92 Å². The van der Waals surface area contributed by atoms with Gasteiger partial charge in [-0.2, -0.15) is 4.99 Å². The molecule has 1 aliphatic rings. The van der Waals surface area contributed by atoms with E-state index in [1.54, 1.807) is 0 Å². The van der Waals surface area contributed by atoms with Crippen LogP contribution in [-0.2, 0) is 11.3 Å².